The molecule has 0 fully saturated rings. The lowest BCUT2D eigenvalue weighted by Gasteiger charge is -2.22. The fourth-order valence-electron chi connectivity index (χ4n) is 2.60. The van der Waals surface area contributed by atoms with Crippen molar-refractivity contribution >= 4 is 0 Å². The number of aliphatic hydroxyl groups excluding tert-OH is 1. The molecule has 0 amide bonds. The van der Waals surface area contributed by atoms with Gasteiger partial charge in [0.2, 0.25) is 0 Å². The van der Waals surface area contributed by atoms with E-state index in [2.05, 4.69) is 19.2 Å². The van der Waals surface area contributed by atoms with E-state index in [9.17, 15) is 5.11 Å². The lowest BCUT2D eigenvalue weighted by molar-refractivity contribution is 0.151. The van der Waals surface area contributed by atoms with Gasteiger partial charge >= 0.3 is 0 Å². The first-order chi connectivity index (χ1) is 10.1. The molecule has 0 aliphatic carbocycles. The second-order valence-electron chi connectivity index (χ2n) is 5.75. The Bertz CT molecular complexity index is 495. The molecule has 3 heteroatoms. The first-order valence-corrected chi connectivity index (χ1v) is 7.66. The van der Waals surface area contributed by atoms with Crippen molar-refractivity contribution in [2.45, 2.75) is 51.3 Å². The Morgan fingerprint density at radius 2 is 1.81 bits per heavy atom. The van der Waals surface area contributed by atoms with Crippen LogP contribution in [0.5, 0.6) is 0 Å². The van der Waals surface area contributed by atoms with Crippen molar-refractivity contribution in [1.82, 2.24) is 5.32 Å². The third-order valence-electron chi connectivity index (χ3n) is 3.73. The monoisotopic (exact) mass is 287 g/mol. The number of benzene rings is 1. The largest absolute Gasteiger partial charge is 0.469 e. The van der Waals surface area contributed by atoms with Gasteiger partial charge in [-0.2, -0.15) is 0 Å². The second kappa shape index (κ2) is 8.01. The van der Waals surface area contributed by atoms with E-state index in [0.29, 0.717) is 6.04 Å². The fraction of sp³-hybridized carbons (Fsp3) is 0.444. The molecule has 0 saturated heterocycles. The quantitative estimate of drug-likeness (QED) is 0.778. The van der Waals surface area contributed by atoms with Gasteiger partial charge in [0.15, 0.2) is 0 Å². The van der Waals surface area contributed by atoms with Crippen LogP contribution in [0, 0.1) is 0 Å². The van der Waals surface area contributed by atoms with E-state index in [-0.39, 0.29) is 6.04 Å². The van der Waals surface area contributed by atoms with Crippen molar-refractivity contribution in [3.05, 3.63) is 60.1 Å². The first-order valence-electron chi connectivity index (χ1n) is 7.66. The van der Waals surface area contributed by atoms with Crippen molar-refractivity contribution in [2.75, 3.05) is 0 Å². The van der Waals surface area contributed by atoms with Crippen molar-refractivity contribution in [2.24, 2.45) is 0 Å². The molecule has 0 aliphatic heterocycles. The van der Waals surface area contributed by atoms with Gasteiger partial charge in [0.05, 0.1) is 12.4 Å². The summed E-state index contributed by atoms with van der Waals surface area (Å²) >= 11 is 0. The summed E-state index contributed by atoms with van der Waals surface area (Å²) in [6.07, 6.45) is 3.99. The third-order valence-corrected chi connectivity index (χ3v) is 3.73. The summed E-state index contributed by atoms with van der Waals surface area (Å²) in [5, 5.41) is 13.8. The van der Waals surface area contributed by atoms with Gasteiger partial charge in [-0.1, -0.05) is 30.3 Å². The normalized spacial score (nSPS) is 15.6. The Balaban J connectivity index is 1.72. The minimum absolute atomic E-state index is 0.270. The zero-order valence-corrected chi connectivity index (χ0v) is 12.8. The van der Waals surface area contributed by atoms with Crippen molar-refractivity contribution in [1.29, 1.82) is 0 Å². The van der Waals surface area contributed by atoms with E-state index in [1.54, 1.807) is 6.26 Å². The van der Waals surface area contributed by atoms with E-state index >= 15 is 0 Å². The van der Waals surface area contributed by atoms with Crippen LogP contribution in [-0.2, 0) is 6.42 Å². The maximum absolute atomic E-state index is 10.2. The molecule has 0 spiro atoms. The molecular formula is C18H25NO2. The van der Waals surface area contributed by atoms with Crippen LogP contribution >= 0.6 is 0 Å². The summed E-state index contributed by atoms with van der Waals surface area (Å²) in [5.74, 6) is 1.03. The van der Waals surface area contributed by atoms with Crippen molar-refractivity contribution in [3.8, 4) is 0 Å². The molecule has 0 radical (unpaired) electrons. The highest BCUT2D eigenvalue weighted by Gasteiger charge is 2.14. The van der Waals surface area contributed by atoms with E-state index < -0.39 is 6.10 Å². The van der Waals surface area contributed by atoms with E-state index in [1.807, 2.05) is 42.5 Å². The molecule has 0 bridgehead atoms. The Labute approximate surface area is 127 Å². The Kier molecular flexibility index (Phi) is 6.03. The number of aryl methyl sites for hydroxylation is 1. The molecule has 1 aromatic heterocycles. The smallest absolute Gasteiger partial charge is 0.103 e. The Hall–Kier alpha value is -1.58. The van der Waals surface area contributed by atoms with E-state index in [0.717, 1.165) is 30.6 Å². The van der Waals surface area contributed by atoms with Crippen LogP contribution in [0.1, 0.15) is 44.1 Å². The van der Waals surface area contributed by atoms with Crippen LogP contribution in [-0.4, -0.2) is 17.2 Å². The topological polar surface area (TPSA) is 45.4 Å². The predicted octanol–water partition coefficient (Wildman–Crippen LogP) is 3.70. The molecule has 2 N–H and O–H groups in total. The number of furan rings is 1. The first kappa shape index (κ1) is 15.8. The van der Waals surface area contributed by atoms with Gasteiger partial charge in [-0.3, -0.25) is 0 Å². The average Bonchev–Trinajstić information content (AvgIpc) is 2.99. The number of hydrogen-bond donors (Lipinski definition) is 2. The zero-order chi connectivity index (χ0) is 15.1. The molecule has 3 unspecified atom stereocenters. The molecule has 0 aliphatic rings. The maximum Gasteiger partial charge on any atom is 0.103 e. The standard InChI is InChI=1S/C18H25NO2/c1-14(10-11-17-9-6-12-21-17)19-15(2)13-18(20)16-7-4-3-5-8-16/h3-9,12,14-15,18-20H,10-11,13H2,1-2H3. The lowest BCUT2D eigenvalue weighted by Crippen LogP contribution is -2.35. The second-order valence-corrected chi connectivity index (χ2v) is 5.75. The van der Waals surface area contributed by atoms with Gasteiger partial charge < -0.3 is 14.8 Å². The van der Waals surface area contributed by atoms with Crippen LogP contribution in [0.3, 0.4) is 0 Å². The summed E-state index contributed by atoms with van der Waals surface area (Å²) in [5.41, 5.74) is 0.981. The fourth-order valence-corrected chi connectivity index (χ4v) is 2.60. The van der Waals surface area contributed by atoms with Gasteiger partial charge in [0, 0.05) is 18.5 Å². The van der Waals surface area contributed by atoms with Gasteiger partial charge in [-0.25, -0.2) is 0 Å². The summed E-state index contributed by atoms with van der Waals surface area (Å²) in [7, 11) is 0. The number of nitrogens with one attached hydrogen (secondary N) is 1. The van der Waals surface area contributed by atoms with Crippen LogP contribution in [0.25, 0.3) is 0 Å². The SMILES string of the molecule is CC(CCc1ccco1)NC(C)CC(O)c1ccccc1. The molecule has 1 heterocycles. The summed E-state index contributed by atoms with van der Waals surface area (Å²) in [6.45, 7) is 4.30. The van der Waals surface area contributed by atoms with Gasteiger partial charge in [-0.05, 0) is 44.4 Å². The van der Waals surface area contributed by atoms with Crippen LogP contribution in [0.15, 0.2) is 53.1 Å². The Morgan fingerprint density at radius 3 is 2.48 bits per heavy atom. The zero-order valence-electron chi connectivity index (χ0n) is 12.8. The van der Waals surface area contributed by atoms with Crippen LogP contribution < -0.4 is 5.32 Å². The summed E-state index contributed by atoms with van der Waals surface area (Å²) < 4.78 is 5.34. The van der Waals surface area contributed by atoms with Gasteiger partial charge in [0.25, 0.3) is 0 Å². The molecule has 0 saturated carbocycles. The highest BCUT2D eigenvalue weighted by molar-refractivity contribution is 5.17. The van der Waals surface area contributed by atoms with Gasteiger partial charge in [0.1, 0.15) is 5.76 Å². The number of aliphatic hydroxyl groups is 1. The minimum atomic E-state index is -0.411. The molecular weight excluding hydrogens is 262 g/mol. The molecule has 21 heavy (non-hydrogen) atoms. The molecule has 2 aromatic rings. The number of rotatable bonds is 8. The molecule has 114 valence electrons. The molecule has 2 rings (SSSR count). The average molecular weight is 287 g/mol. The number of hydrogen-bond acceptors (Lipinski definition) is 3. The van der Waals surface area contributed by atoms with Crippen LogP contribution in [0.4, 0.5) is 0 Å². The van der Waals surface area contributed by atoms with E-state index in [4.69, 9.17) is 4.42 Å². The molecule has 3 atom stereocenters. The van der Waals surface area contributed by atoms with Crippen molar-refractivity contribution in [3.63, 3.8) is 0 Å². The van der Waals surface area contributed by atoms with E-state index in [1.165, 1.54) is 0 Å². The summed E-state index contributed by atoms with van der Waals surface area (Å²) in [4.78, 5) is 0. The summed E-state index contributed by atoms with van der Waals surface area (Å²) in [6, 6.07) is 14.4. The van der Waals surface area contributed by atoms with Crippen molar-refractivity contribution < 1.29 is 9.52 Å². The highest BCUT2D eigenvalue weighted by Crippen LogP contribution is 2.18. The highest BCUT2D eigenvalue weighted by atomic mass is 16.3. The molecule has 1 aromatic carbocycles. The molecule has 3 nitrogen and oxygen atoms in total. The Morgan fingerprint density at radius 1 is 1.05 bits per heavy atom. The minimum Gasteiger partial charge on any atom is -0.469 e. The van der Waals surface area contributed by atoms with Crippen LogP contribution in [0.2, 0.25) is 0 Å². The predicted molar refractivity (Wildman–Crippen MR) is 85.1 cm³/mol. The maximum atomic E-state index is 10.2. The third kappa shape index (κ3) is 5.37. The van der Waals surface area contributed by atoms with Gasteiger partial charge in [-0.15, -0.1) is 0 Å². The lowest BCUT2D eigenvalue weighted by atomic mass is 10.0.